The third-order valence-corrected chi connectivity index (χ3v) is 8.14. The van der Waals surface area contributed by atoms with Crippen molar-refractivity contribution in [3.63, 3.8) is 0 Å². The number of thioether (sulfide) groups is 2. The van der Waals surface area contributed by atoms with Gasteiger partial charge in [0.05, 0.1) is 5.02 Å². The molecule has 1 aromatic rings. The summed E-state index contributed by atoms with van der Waals surface area (Å²) in [7, 11) is 0. The van der Waals surface area contributed by atoms with Crippen molar-refractivity contribution in [2.45, 2.75) is 11.7 Å². The van der Waals surface area contributed by atoms with E-state index in [1.165, 1.54) is 0 Å². The molecule has 5 heteroatoms. The summed E-state index contributed by atoms with van der Waals surface area (Å²) < 4.78 is 2.43. The molecule has 0 N–H and O–H groups in total. The zero-order valence-electron chi connectivity index (χ0n) is 9.78. The molecule has 0 amide bonds. The van der Waals surface area contributed by atoms with Crippen molar-refractivity contribution in [1.29, 1.82) is 0 Å². The van der Waals surface area contributed by atoms with Crippen molar-refractivity contribution in [2.75, 3.05) is 10.2 Å². The molecule has 1 aliphatic rings. The molecule has 1 aromatic carbocycles. The zero-order valence-corrected chi connectivity index (χ0v) is 14.3. The molecule has 1 unspecified atom stereocenters. The first kappa shape index (κ1) is 14.8. The lowest BCUT2D eigenvalue weighted by molar-refractivity contribution is 0.104. The van der Waals surface area contributed by atoms with E-state index in [2.05, 4.69) is 29.5 Å². The minimum absolute atomic E-state index is 0.00620. The third kappa shape index (κ3) is 3.46. The summed E-state index contributed by atoms with van der Waals surface area (Å²) in [6.07, 6.45) is 1.72. The Hall–Kier alpha value is 0.350. The van der Waals surface area contributed by atoms with E-state index in [0.29, 0.717) is 10.6 Å². The van der Waals surface area contributed by atoms with Crippen molar-refractivity contribution in [3.05, 3.63) is 45.2 Å². The van der Waals surface area contributed by atoms with E-state index in [1.54, 1.807) is 41.7 Å². The van der Waals surface area contributed by atoms with Crippen LogP contribution in [0.2, 0.25) is 5.02 Å². The molecule has 1 nitrogen and oxygen atoms in total. The highest BCUT2D eigenvalue weighted by Gasteiger charge is 2.32. The van der Waals surface area contributed by atoms with Crippen molar-refractivity contribution in [2.24, 2.45) is 0 Å². The Morgan fingerprint density at radius 3 is 2.89 bits per heavy atom. The molecule has 2 rings (SSSR count). The van der Waals surface area contributed by atoms with E-state index >= 15 is 0 Å². The van der Waals surface area contributed by atoms with Gasteiger partial charge in [-0.3, -0.25) is 4.79 Å². The number of hydrogen-bond donors (Lipinski definition) is 0. The van der Waals surface area contributed by atoms with E-state index in [4.69, 9.17) is 11.6 Å². The third-order valence-electron chi connectivity index (χ3n) is 2.54. The molecule has 1 heterocycles. The van der Waals surface area contributed by atoms with Gasteiger partial charge in [-0.05, 0) is 19.1 Å². The first-order chi connectivity index (χ1) is 8.54. The van der Waals surface area contributed by atoms with Crippen LogP contribution in [0.5, 0.6) is 0 Å². The maximum atomic E-state index is 12.1. The molecular formula is C13H12ClIOS2. The lowest BCUT2D eigenvalue weighted by Gasteiger charge is -2.16. The molecule has 0 aliphatic carbocycles. The molecule has 0 spiro atoms. The van der Waals surface area contributed by atoms with Crippen LogP contribution >= 0.6 is 57.7 Å². The highest BCUT2D eigenvalue weighted by molar-refractivity contribution is 14.1. The maximum absolute atomic E-state index is 12.1. The van der Waals surface area contributed by atoms with Crippen LogP contribution in [0.1, 0.15) is 17.3 Å². The molecule has 1 aliphatic heterocycles. The summed E-state index contributed by atoms with van der Waals surface area (Å²) in [5.41, 5.74) is 0.580. The summed E-state index contributed by atoms with van der Waals surface area (Å²) in [6.45, 7) is 2.23. The van der Waals surface area contributed by atoms with E-state index in [1.807, 2.05) is 12.1 Å². The smallest absolute Gasteiger partial charge is 0.188 e. The van der Waals surface area contributed by atoms with Gasteiger partial charge in [-0.1, -0.05) is 46.3 Å². The van der Waals surface area contributed by atoms with E-state index in [-0.39, 0.29) is 10.5 Å². The van der Waals surface area contributed by atoms with E-state index < -0.39 is 0 Å². The lowest BCUT2D eigenvalue weighted by atomic mass is 10.1. The first-order valence-corrected chi connectivity index (χ1v) is 9.13. The van der Waals surface area contributed by atoms with Gasteiger partial charge < -0.3 is 0 Å². The van der Waals surface area contributed by atoms with Gasteiger partial charge in [0.25, 0.3) is 0 Å². The Balaban J connectivity index is 2.16. The summed E-state index contributed by atoms with van der Waals surface area (Å²) in [5, 5.41) is 0.518. The minimum atomic E-state index is -0.00620. The lowest BCUT2D eigenvalue weighted by Crippen LogP contribution is -2.20. The standard InChI is InChI=1S/C13H12ClIOS2/c1-13(7-15)8-17-12(18-13)6-11(16)9-4-2-3-5-10(9)14/h2-6H,7-8H2,1H3/b12-6-. The molecule has 0 bridgehead atoms. The summed E-state index contributed by atoms with van der Waals surface area (Å²) >= 11 is 12.0. The number of ketones is 1. The van der Waals surface area contributed by atoms with Gasteiger partial charge in [-0.15, -0.1) is 23.5 Å². The number of allylic oxidation sites excluding steroid dienone is 1. The molecule has 1 saturated heterocycles. The van der Waals surface area contributed by atoms with Crippen molar-refractivity contribution >= 4 is 63.5 Å². The number of benzene rings is 1. The van der Waals surface area contributed by atoms with Crippen LogP contribution < -0.4 is 0 Å². The van der Waals surface area contributed by atoms with Gasteiger partial charge in [-0.25, -0.2) is 0 Å². The van der Waals surface area contributed by atoms with Crippen molar-refractivity contribution in [1.82, 2.24) is 0 Å². The Bertz CT molecular complexity index is 504. The van der Waals surface area contributed by atoms with Crippen LogP contribution in [-0.4, -0.2) is 20.7 Å². The quantitative estimate of drug-likeness (QED) is 0.301. The van der Waals surface area contributed by atoms with Crippen LogP contribution in [-0.2, 0) is 0 Å². The number of carbonyl (C=O) groups is 1. The Morgan fingerprint density at radius 2 is 2.28 bits per heavy atom. The van der Waals surface area contributed by atoms with Crippen molar-refractivity contribution < 1.29 is 4.79 Å². The predicted molar refractivity (Wildman–Crippen MR) is 91.2 cm³/mol. The molecule has 96 valence electrons. The SMILES string of the molecule is CC1(CI)CS/C(=C/C(=O)c2ccccc2Cl)S1. The molecule has 0 radical (unpaired) electrons. The largest absolute Gasteiger partial charge is 0.289 e. The molecule has 1 fully saturated rings. The second-order valence-corrected chi connectivity index (χ2v) is 8.36. The van der Waals surface area contributed by atoms with E-state index in [9.17, 15) is 4.79 Å². The van der Waals surface area contributed by atoms with Gasteiger partial charge in [0.1, 0.15) is 0 Å². The molecule has 18 heavy (non-hydrogen) atoms. The van der Waals surface area contributed by atoms with Crippen LogP contribution in [0.25, 0.3) is 0 Å². The van der Waals surface area contributed by atoms with Gasteiger partial charge in [-0.2, -0.15) is 0 Å². The fraction of sp³-hybridized carbons (Fsp3) is 0.308. The topological polar surface area (TPSA) is 17.1 Å². The zero-order chi connectivity index (χ0) is 13.2. The monoisotopic (exact) mass is 410 g/mol. The van der Waals surface area contributed by atoms with Crippen LogP contribution in [0, 0.1) is 0 Å². The van der Waals surface area contributed by atoms with Gasteiger partial charge in [0, 0.05) is 30.8 Å². The number of halogens is 2. The summed E-state index contributed by atoms with van der Waals surface area (Å²) in [6, 6.07) is 7.18. The highest BCUT2D eigenvalue weighted by atomic mass is 127. The minimum Gasteiger partial charge on any atom is -0.289 e. The van der Waals surface area contributed by atoms with E-state index in [0.717, 1.165) is 14.4 Å². The fourth-order valence-corrected chi connectivity index (χ4v) is 5.71. The predicted octanol–water partition coefficient (Wildman–Crippen LogP) is 5.04. The highest BCUT2D eigenvalue weighted by Crippen LogP contribution is 2.49. The molecule has 0 saturated carbocycles. The number of hydrogen-bond acceptors (Lipinski definition) is 3. The second-order valence-electron chi connectivity index (χ2n) is 4.28. The average molecular weight is 411 g/mol. The van der Waals surface area contributed by atoms with Crippen LogP contribution in [0.15, 0.2) is 34.6 Å². The van der Waals surface area contributed by atoms with Crippen molar-refractivity contribution in [3.8, 4) is 0 Å². The summed E-state index contributed by atoms with van der Waals surface area (Å²) in [4.78, 5) is 12.1. The Morgan fingerprint density at radius 1 is 1.56 bits per heavy atom. The molecular weight excluding hydrogens is 399 g/mol. The number of rotatable bonds is 3. The molecule has 0 aromatic heterocycles. The molecule has 1 atom stereocenters. The average Bonchev–Trinajstić information content (AvgIpc) is 2.72. The maximum Gasteiger partial charge on any atom is 0.188 e. The normalized spacial score (nSPS) is 25.6. The Kier molecular flexibility index (Phi) is 5.08. The van der Waals surface area contributed by atoms with Gasteiger partial charge >= 0.3 is 0 Å². The second kappa shape index (κ2) is 6.20. The first-order valence-electron chi connectivity index (χ1n) is 5.42. The Labute approximate surface area is 134 Å². The van der Waals surface area contributed by atoms with Gasteiger partial charge in [0.15, 0.2) is 5.78 Å². The van der Waals surface area contributed by atoms with Crippen LogP contribution in [0.3, 0.4) is 0 Å². The summed E-state index contributed by atoms with van der Waals surface area (Å²) in [5.74, 6) is 1.05. The number of alkyl halides is 1. The number of carbonyl (C=O) groups excluding carboxylic acids is 1. The van der Waals surface area contributed by atoms with Gasteiger partial charge in [0.2, 0.25) is 0 Å². The van der Waals surface area contributed by atoms with Crippen LogP contribution in [0.4, 0.5) is 0 Å². The fourth-order valence-electron chi connectivity index (χ4n) is 1.51.